The molecule has 2 saturated heterocycles. The van der Waals surface area contributed by atoms with Gasteiger partial charge in [0.2, 0.25) is 0 Å². The highest BCUT2D eigenvalue weighted by atomic mass is 16.5. The van der Waals surface area contributed by atoms with Gasteiger partial charge in [0, 0.05) is 31.3 Å². The zero-order valence-electron chi connectivity index (χ0n) is 13.7. The van der Waals surface area contributed by atoms with Gasteiger partial charge in [-0.05, 0) is 31.9 Å². The molecule has 0 radical (unpaired) electrons. The number of benzene rings is 1. The van der Waals surface area contributed by atoms with Gasteiger partial charge in [0.25, 0.3) is 5.91 Å². The number of piperidine rings is 1. The highest BCUT2D eigenvalue weighted by Crippen LogP contribution is 2.17. The molecule has 1 N–H and O–H groups in total. The molecule has 1 aromatic carbocycles. The van der Waals surface area contributed by atoms with Crippen LogP contribution in [0.3, 0.4) is 0 Å². The largest absolute Gasteiger partial charge is 0.377 e. The number of rotatable bonds is 5. The summed E-state index contributed by atoms with van der Waals surface area (Å²) in [6.45, 7) is 5.74. The summed E-state index contributed by atoms with van der Waals surface area (Å²) in [6, 6.07) is 10.2. The predicted molar refractivity (Wildman–Crippen MR) is 88.5 cm³/mol. The summed E-state index contributed by atoms with van der Waals surface area (Å²) in [5.41, 5.74) is 0.777. The Labute approximate surface area is 137 Å². The second kappa shape index (κ2) is 7.90. The van der Waals surface area contributed by atoms with E-state index >= 15 is 0 Å². The minimum absolute atomic E-state index is 0.139. The van der Waals surface area contributed by atoms with Crippen LogP contribution in [0.15, 0.2) is 30.3 Å². The van der Waals surface area contributed by atoms with E-state index in [1.807, 2.05) is 42.2 Å². The molecule has 23 heavy (non-hydrogen) atoms. The van der Waals surface area contributed by atoms with E-state index in [4.69, 9.17) is 9.47 Å². The lowest BCUT2D eigenvalue weighted by Crippen LogP contribution is -2.51. The predicted octanol–water partition coefficient (Wildman–Crippen LogP) is 1.68. The van der Waals surface area contributed by atoms with Crippen molar-refractivity contribution in [3.8, 4) is 0 Å². The number of hydrogen-bond donors (Lipinski definition) is 1. The second-order valence-corrected chi connectivity index (χ2v) is 6.24. The Hall–Kier alpha value is -1.43. The normalized spacial score (nSPS) is 25.7. The molecule has 5 heteroatoms. The number of carbonyl (C=O) groups is 1. The quantitative estimate of drug-likeness (QED) is 0.897. The molecule has 2 fully saturated rings. The molecule has 1 aromatic rings. The van der Waals surface area contributed by atoms with E-state index in [0.717, 1.165) is 38.1 Å². The van der Waals surface area contributed by atoms with Gasteiger partial charge >= 0.3 is 0 Å². The first-order valence-electron chi connectivity index (χ1n) is 8.57. The summed E-state index contributed by atoms with van der Waals surface area (Å²) in [4.78, 5) is 14.4. The van der Waals surface area contributed by atoms with Gasteiger partial charge in [-0.1, -0.05) is 18.2 Å². The van der Waals surface area contributed by atoms with Gasteiger partial charge < -0.3 is 19.7 Å². The third kappa shape index (κ3) is 4.10. The van der Waals surface area contributed by atoms with E-state index in [-0.39, 0.29) is 18.1 Å². The van der Waals surface area contributed by atoms with Gasteiger partial charge in [-0.3, -0.25) is 4.79 Å². The molecule has 0 spiro atoms. The van der Waals surface area contributed by atoms with Crippen molar-refractivity contribution in [1.82, 2.24) is 10.2 Å². The fourth-order valence-electron chi connectivity index (χ4n) is 3.38. The van der Waals surface area contributed by atoms with Crippen molar-refractivity contribution in [1.29, 1.82) is 0 Å². The van der Waals surface area contributed by atoms with Crippen molar-refractivity contribution in [2.75, 3.05) is 32.9 Å². The molecule has 0 bridgehead atoms. The summed E-state index contributed by atoms with van der Waals surface area (Å²) in [6.07, 6.45) is 2.12. The summed E-state index contributed by atoms with van der Waals surface area (Å²) in [5, 5.41) is 3.66. The van der Waals surface area contributed by atoms with Crippen molar-refractivity contribution < 1.29 is 14.3 Å². The van der Waals surface area contributed by atoms with Crippen LogP contribution in [0, 0.1) is 0 Å². The summed E-state index contributed by atoms with van der Waals surface area (Å²) < 4.78 is 11.3. The number of ether oxygens (including phenoxy) is 2. The van der Waals surface area contributed by atoms with Crippen LogP contribution in [-0.2, 0) is 9.47 Å². The molecule has 2 heterocycles. The Morgan fingerprint density at radius 3 is 2.70 bits per heavy atom. The standard InChI is InChI=1S/C18H26N2O3/c1-2-23-17-13-22-12-16(17)19-15-8-10-20(11-9-15)18(21)14-6-4-3-5-7-14/h3-7,15-17,19H,2,8-13H2,1H3/t16-,17-/m0/s1. The monoisotopic (exact) mass is 318 g/mol. The molecular weight excluding hydrogens is 292 g/mol. The number of hydrogen-bond acceptors (Lipinski definition) is 4. The minimum Gasteiger partial charge on any atom is -0.377 e. The zero-order valence-corrected chi connectivity index (χ0v) is 13.7. The maximum atomic E-state index is 12.5. The van der Waals surface area contributed by atoms with E-state index in [2.05, 4.69) is 5.32 Å². The third-order valence-electron chi connectivity index (χ3n) is 4.66. The van der Waals surface area contributed by atoms with Crippen LogP contribution < -0.4 is 5.32 Å². The van der Waals surface area contributed by atoms with Gasteiger partial charge in [0.1, 0.15) is 0 Å². The van der Waals surface area contributed by atoms with E-state index in [1.165, 1.54) is 0 Å². The second-order valence-electron chi connectivity index (χ2n) is 6.24. The molecule has 126 valence electrons. The smallest absolute Gasteiger partial charge is 0.253 e. The van der Waals surface area contributed by atoms with Crippen LogP contribution in [0.5, 0.6) is 0 Å². The lowest BCUT2D eigenvalue weighted by molar-refractivity contribution is 0.0375. The summed E-state index contributed by atoms with van der Waals surface area (Å²) in [5.74, 6) is 0.139. The first kappa shape index (κ1) is 16.4. The highest BCUT2D eigenvalue weighted by Gasteiger charge is 2.32. The maximum absolute atomic E-state index is 12.5. The van der Waals surface area contributed by atoms with Crippen LogP contribution in [0.4, 0.5) is 0 Å². The van der Waals surface area contributed by atoms with E-state index in [1.54, 1.807) is 0 Å². The first-order valence-corrected chi connectivity index (χ1v) is 8.57. The van der Waals surface area contributed by atoms with Crippen LogP contribution in [-0.4, -0.2) is 61.9 Å². The van der Waals surface area contributed by atoms with Crippen LogP contribution in [0.1, 0.15) is 30.1 Å². The van der Waals surface area contributed by atoms with E-state index < -0.39 is 0 Å². The van der Waals surface area contributed by atoms with Crippen molar-refractivity contribution in [2.24, 2.45) is 0 Å². The lowest BCUT2D eigenvalue weighted by Gasteiger charge is -2.34. The fourth-order valence-corrected chi connectivity index (χ4v) is 3.38. The Kier molecular flexibility index (Phi) is 5.65. The van der Waals surface area contributed by atoms with Gasteiger partial charge in [-0.2, -0.15) is 0 Å². The molecule has 2 atom stereocenters. The molecule has 0 unspecified atom stereocenters. The molecule has 0 saturated carbocycles. The topological polar surface area (TPSA) is 50.8 Å². The zero-order chi connectivity index (χ0) is 16.1. The molecule has 2 aliphatic rings. The van der Waals surface area contributed by atoms with Crippen molar-refractivity contribution in [3.05, 3.63) is 35.9 Å². The highest BCUT2D eigenvalue weighted by molar-refractivity contribution is 5.94. The van der Waals surface area contributed by atoms with Crippen molar-refractivity contribution in [3.63, 3.8) is 0 Å². The SMILES string of the molecule is CCO[C@H]1COC[C@@H]1NC1CCN(C(=O)c2ccccc2)CC1. The van der Waals surface area contributed by atoms with Crippen LogP contribution in [0.25, 0.3) is 0 Å². The number of amides is 1. The summed E-state index contributed by atoms with van der Waals surface area (Å²) >= 11 is 0. The Morgan fingerprint density at radius 1 is 1.26 bits per heavy atom. The van der Waals surface area contributed by atoms with Gasteiger partial charge in [-0.25, -0.2) is 0 Å². The molecule has 1 amide bonds. The Bertz CT molecular complexity index is 500. The number of likely N-dealkylation sites (tertiary alicyclic amines) is 1. The molecule has 5 nitrogen and oxygen atoms in total. The Balaban J connectivity index is 1.48. The van der Waals surface area contributed by atoms with Crippen molar-refractivity contribution >= 4 is 5.91 Å². The van der Waals surface area contributed by atoms with Gasteiger partial charge in [-0.15, -0.1) is 0 Å². The van der Waals surface area contributed by atoms with Crippen molar-refractivity contribution in [2.45, 2.75) is 38.0 Å². The maximum Gasteiger partial charge on any atom is 0.253 e. The molecule has 3 rings (SSSR count). The molecular formula is C18H26N2O3. The average Bonchev–Trinajstić information content (AvgIpc) is 3.03. The van der Waals surface area contributed by atoms with E-state index in [9.17, 15) is 4.79 Å². The van der Waals surface area contributed by atoms with Crippen LogP contribution >= 0.6 is 0 Å². The van der Waals surface area contributed by atoms with Crippen LogP contribution in [0.2, 0.25) is 0 Å². The first-order chi connectivity index (χ1) is 11.3. The number of carbonyl (C=O) groups excluding carboxylic acids is 1. The average molecular weight is 318 g/mol. The summed E-state index contributed by atoms with van der Waals surface area (Å²) in [7, 11) is 0. The molecule has 0 aliphatic carbocycles. The van der Waals surface area contributed by atoms with Gasteiger partial charge in [0.15, 0.2) is 0 Å². The Morgan fingerprint density at radius 2 is 2.00 bits per heavy atom. The third-order valence-corrected chi connectivity index (χ3v) is 4.66. The lowest BCUT2D eigenvalue weighted by atomic mass is 10.0. The fraction of sp³-hybridized carbons (Fsp3) is 0.611. The van der Waals surface area contributed by atoms with E-state index in [0.29, 0.717) is 19.3 Å². The minimum atomic E-state index is 0.139. The number of nitrogens with one attached hydrogen (secondary N) is 1. The van der Waals surface area contributed by atoms with Gasteiger partial charge in [0.05, 0.1) is 25.4 Å². The molecule has 0 aromatic heterocycles. The number of nitrogens with zero attached hydrogens (tertiary/aromatic N) is 1. The molecule has 2 aliphatic heterocycles.